The molecule has 0 saturated carbocycles. The first kappa shape index (κ1) is 8.21. The van der Waals surface area contributed by atoms with Crippen molar-refractivity contribution in [3.05, 3.63) is 11.4 Å². The van der Waals surface area contributed by atoms with Gasteiger partial charge in [0.2, 0.25) is 0 Å². The van der Waals surface area contributed by atoms with Crippen molar-refractivity contribution in [3.8, 4) is 0 Å². The molecule has 0 saturated heterocycles. The van der Waals surface area contributed by atoms with E-state index in [0.717, 1.165) is 17.1 Å². The number of hydrogen-bond acceptors (Lipinski definition) is 2. The molecule has 2 heteroatoms. The summed E-state index contributed by atoms with van der Waals surface area (Å²) in [6, 6.07) is 0. The van der Waals surface area contributed by atoms with E-state index in [2.05, 4.69) is 4.99 Å². The number of nitrogens with two attached hydrogens (primary N) is 1. The van der Waals surface area contributed by atoms with Crippen LogP contribution in [0.15, 0.2) is 16.4 Å². The van der Waals surface area contributed by atoms with Crippen LogP contribution in [-0.2, 0) is 0 Å². The molecule has 0 aromatic heterocycles. The summed E-state index contributed by atoms with van der Waals surface area (Å²) in [7, 11) is 0. The van der Waals surface area contributed by atoms with E-state index in [4.69, 9.17) is 5.73 Å². The van der Waals surface area contributed by atoms with Crippen molar-refractivity contribution in [1.29, 1.82) is 0 Å². The van der Waals surface area contributed by atoms with Crippen LogP contribution in [0.2, 0.25) is 0 Å². The van der Waals surface area contributed by atoms with Crippen molar-refractivity contribution in [2.75, 3.05) is 0 Å². The van der Waals surface area contributed by atoms with Crippen LogP contribution in [0.1, 0.15) is 27.7 Å². The summed E-state index contributed by atoms with van der Waals surface area (Å²) in [5.41, 5.74) is 8.20. The number of allylic oxidation sites excluding steroid dienone is 2. The maximum atomic E-state index is 5.46. The molecule has 0 aliphatic rings. The summed E-state index contributed by atoms with van der Waals surface area (Å²) in [5, 5.41) is 0. The summed E-state index contributed by atoms with van der Waals surface area (Å²) in [5.74, 6) is 0. The number of rotatable bonds is 1. The van der Waals surface area contributed by atoms with E-state index in [9.17, 15) is 0 Å². The molecule has 9 heavy (non-hydrogen) atoms. The average Bonchev–Trinajstić information content (AvgIpc) is 1.63. The Kier molecular flexibility index (Phi) is 2.99. The Labute approximate surface area is 56.5 Å². The second kappa shape index (κ2) is 3.28. The van der Waals surface area contributed by atoms with E-state index in [1.54, 1.807) is 0 Å². The van der Waals surface area contributed by atoms with E-state index in [1.165, 1.54) is 0 Å². The lowest BCUT2D eigenvalue weighted by molar-refractivity contribution is 1.15. The van der Waals surface area contributed by atoms with Crippen LogP contribution >= 0.6 is 0 Å². The smallest absolute Gasteiger partial charge is 0.0555 e. The Morgan fingerprint density at radius 3 is 1.67 bits per heavy atom. The molecule has 0 atom stereocenters. The van der Waals surface area contributed by atoms with Crippen LogP contribution in [-0.4, -0.2) is 5.71 Å². The van der Waals surface area contributed by atoms with Crippen LogP contribution in [0.5, 0.6) is 0 Å². The molecule has 0 aromatic rings. The molecule has 0 radical (unpaired) electrons. The van der Waals surface area contributed by atoms with Gasteiger partial charge in [-0.3, -0.25) is 4.99 Å². The SMILES string of the molecule is CC(C)=N/C(C)=C(/C)N. The van der Waals surface area contributed by atoms with Gasteiger partial charge in [-0.05, 0) is 27.7 Å². The molecule has 2 N–H and O–H groups in total. The van der Waals surface area contributed by atoms with Crippen molar-refractivity contribution in [1.82, 2.24) is 0 Å². The molecule has 0 aliphatic carbocycles. The van der Waals surface area contributed by atoms with Gasteiger partial charge in [0.15, 0.2) is 0 Å². The molecule has 0 aromatic carbocycles. The Morgan fingerprint density at radius 2 is 1.56 bits per heavy atom. The van der Waals surface area contributed by atoms with E-state index in [0.29, 0.717) is 0 Å². The third-order valence-corrected chi connectivity index (χ3v) is 0.962. The van der Waals surface area contributed by atoms with Crippen LogP contribution in [0.25, 0.3) is 0 Å². The van der Waals surface area contributed by atoms with Gasteiger partial charge in [0.05, 0.1) is 5.70 Å². The van der Waals surface area contributed by atoms with Crippen LogP contribution < -0.4 is 5.73 Å². The highest BCUT2D eigenvalue weighted by Crippen LogP contribution is 1.98. The summed E-state index contributed by atoms with van der Waals surface area (Å²) in [6.45, 7) is 7.66. The van der Waals surface area contributed by atoms with Crippen LogP contribution in [0.4, 0.5) is 0 Å². The number of aliphatic imine (C=N–C) groups is 1. The molecule has 0 heterocycles. The van der Waals surface area contributed by atoms with Gasteiger partial charge >= 0.3 is 0 Å². The van der Waals surface area contributed by atoms with E-state index in [-0.39, 0.29) is 0 Å². The lowest BCUT2D eigenvalue weighted by Crippen LogP contribution is -1.94. The number of hydrogen-bond donors (Lipinski definition) is 1. The van der Waals surface area contributed by atoms with Gasteiger partial charge in [0.1, 0.15) is 0 Å². The topological polar surface area (TPSA) is 38.4 Å². The van der Waals surface area contributed by atoms with Crippen LogP contribution in [0.3, 0.4) is 0 Å². The van der Waals surface area contributed by atoms with Gasteiger partial charge in [0.25, 0.3) is 0 Å². The van der Waals surface area contributed by atoms with Crippen molar-refractivity contribution in [3.63, 3.8) is 0 Å². The Balaban J connectivity index is 4.25. The zero-order valence-corrected chi connectivity index (χ0v) is 6.52. The first-order chi connectivity index (χ1) is 4.04. The van der Waals surface area contributed by atoms with Gasteiger partial charge in [-0.2, -0.15) is 0 Å². The molecule has 2 nitrogen and oxygen atoms in total. The summed E-state index contributed by atoms with van der Waals surface area (Å²) >= 11 is 0. The van der Waals surface area contributed by atoms with Gasteiger partial charge in [0, 0.05) is 11.4 Å². The second-order valence-electron chi connectivity index (χ2n) is 2.33. The largest absolute Gasteiger partial charge is 0.401 e. The van der Waals surface area contributed by atoms with Gasteiger partial charge in [-0.25, -0.2) is 0 Å². The molecule has 0 spiro atoms. The number of nitrogens with zero attached hydrogens (tertiary/aromatic N) is 1. The maximum Gasteiger partial charge on any atom is 0.0555 e. The lowest BCUT2D eigenvalue weighted by atomic mass is 10.4. The highest BCUT2D eigenvalue weighted by molar-refractivity contribution is 5.80. The fraction of sp³-hybridized carbons (Fsp3) is 0.571. The van der Waals surface area contributed by atoms with Gasteiger partial charge in [-0.15, -0.1) is 0 Å². The molecule has 0 aliphatic heterocycles. The lowest BCUT2D eigenvalue weighted by Gasteiger charge is -1.95. The minimum atomic E-state index is 0.788. The fourth-order valence-corrected chi connectivity index (χ4v) is 0.424. The first-order valence-electron chi connectivity index (χ1n) is 2.99. The molecule has 52 valence electrons. The predicted molar refractivity (Wildman–Crippen MR) is 41.3 cm³/mol. The predicted octanol–water partition coefficient (Wildman–Crippen LogP) is 1.68. The maximum absolute atomic E-state index is 5.46. The molecular formula is C7H14N2. The molecule has 0 unspecified atom stereocenters. The van der Waals surface area contributed by atoms with Gasteiger partial charge in [-0.1, -0.05) is 0 Å². The van der Waals surface area contributed by atoms with Crippen molar-refractivity contribution < 1.29 is 0 Å². The quantitative estimate of drug-likeness (QED) is 0.533. The van der Waals surface area contributed by atoms with E-state index >= 15 is 0 Å². The Morgan fingerprint density at radius 1 is 1.11 bits per heavy atom. The van der Waals surface area contributed by atoms with Crippen molar-refractivity contribution >= 4 is 5.71 Å². The zero-order valence-electron chi connectivity index (χ0n) is 6.52. The second-order valence-corrected chi connectivity index (χ2v) is 2.33. The third kappa shape index (κ3) is 3.76. The first-order valence-corrected chi connectivity index (χ1v) is 2.99. The molecule has 0 rings (SSSR count). The molecular weight excluding hydrogens is 112 g/mol. The summed E-state index contributed by atoms with van der Waals surface area (Å²) in [6.07, 6.45) is 0. The highest BCUT2D eigenvalue weighted by Gasteiger charge is 1.86. The van der Waals surface area contributed by atoms with Crippen molar-refractivity contribution in [2.24, 2.45) is 10.7 Å². The normalized spacial score (nSPS) is 12.4. The van der Waals surface area contributed by atoms with Crippen LogP contribution in [0, 0.1) is 0 Å². The highest BCUT2D eigenvalue weighted by atomic mass is 14.8. The minimum Gasteiger partial charge on any atom is -0.401 e. The Hall–Kier alpha value is -0.790. The fourth-order valence-electron chi connectivity index (χ4n) is 0.424. The van der Waals surface area contributed by atoms with E-state index < -0.39 is 0 Å². The standard InChI is InChI=1S/C7H14N2/c1-5(2)9-7(4)6(3)8/h8H2,1-4H3/b7-6-. The summed E-state index contributed by atoms with van der Waals surface area (Å²) in [4.78, 5) is 4.15. The zero-order chi connectivity index (χ0) is 7.44. The van der Waals surface area contributed by atoms with Crippen molar-refractivity contribution in [2.45, 2.75) is 27.7 Å². The average molecular weight is 126 g/mol. The minimum absolute atomic E-state index is 0.788. The monoisotopic (exact) mass is 126 g/mol. The van der Waals surface area contributed by atoms with E-state index in [1.807, 2.05) is 27.7 Å². The summed E-state index contributed by atoms with van der Waals surface area (Å²) < 4.78 is 0. The third-order valence-electron chi connectivity index (χ3n) is 0.962. The Bertz CT molecular complexity index is 146. The van der Waals surface area contributed by atoms with Gasteiger partial charge < -0.3 is 5.73 Å². The molecule has 0 bridgehead atoms. The molecule has 0 amide bonds. The molecule has 0 fully saturated rings.